The molecule has 3 atom stereocenters. The van der Waals surface area contributed by atoms with Gasteiger partial charge in [-0.05, 0) is 48.6 Å². The van der Waals surface area contributed by atoms with Gasteiger partial charge < -0.3 is 5.73 Å². The molecule has 0 aromatic heterocycles. The lowest BCUT2D eigenvalue weighted by atomic mass is 9.92. The molecule has 1 aliphatic heterocycles. The molecule has 2 N–H and O–H groups in total. The predicted octanol–water partition coefficient (Wildman–Crippen LogP) is 3.96. The van der Waals surface area contributed by atoms with Crippen molar-refractivity contribution in [2.24, 2.45) is 11.7 Å². The highest BCUT2D eigenvalue weighted by Gasteiger charge is 2.24. The Bertz CT molecular complexity index is 602. The molecular formula is C19H26N2. The number of benzene rings is 2. The third-order valence-corrected chi connectivity index (χ3v) is 4.93. The van der Waals surface area contributed by atoms with Crippen molar-refractivity contribution in [3.63, 3.8) is 0 Å². The Morgan fingerprint density at radius 1 is 1.14 bits per heavy atom. The van der Waals surface area contributed by atoms with Gasteiger partial charge in [-0.15, -0.1) is 0 Å². The van der Waals surface area contributed by atoms with Crippen molar-refractivity contribution in [2.75, 3.05) is 13.1 Å². The quantitative estimate of drug-likeness (QED) is 0.923. The molecule has 1 aliphatic rings. The van der Waals surface area contributed by atoms with Gasteiger partial charge in [0.2, 0.25) is 0 Å². The Labute approximate surface area is 127 Å². The molecule has 1 heterocycles. The van der Waals surface area contributed by atoms with Crippen molar-refractivity contribution in [3.8, 4) is 0 Å². The molecular weight excluding hydrogens is 256 g/mol. The van der Waals surface area contributed by atoms with Gasteiger partial charge >= 0.3 is 0 Å². The van der Waals surface area contributed by atoms with E-state index in [1.165, 1.54) is 35.7 Å². The first-order valence-corrected chi connectivity index (χ1v) is 8.12. The van der Waals surface area contributed by atoms with Gasteiger partial charge in [-0.2, -0.15) is 0 Å². The first kappa shape index (κ1) is 14.6. The molecule has 2 heteroatoms. The fourth-order valence-electron chi connectivity index (χ4n) is 3.65. The summed E-state index contributed by atoms with van der Waals surface area (Å²) >= 11 is 0. The third-order valence-electron chi connectivity index (χ3n) is 4.93. The number of hydrogen-bond acceptors (Lipinski definition) is 2. The van der Waals surface area contributed by atoms with Crippen LogP contribution in [0, 0.1) is 5.92 Å². The maximum atomic E-state index is 6.55. The summed E-state index contributed by atoms with van der Waals surface area (Å²) in [4.78, 5) is 2.56. The molecule has 0 spiro atoms. The van der Waals surface area contributed by atoms with Gasteiger partial charge in [0.1, 0.15) is 0 Å². The molecule has 1 fully saturated rings. The van der Waals surface area contributed by atoms with Crippen LogP contribution in [0.1, 0.15) is 38.3 Å². The Balaban J connectivity index is 1.79. The van der Waals surface area contributed by atoms with E-state index >= 15 is 0 Å². The van der Waals surface area contributed by atoms with Crippen molar-refractivity contribution in [3.05, 3.63) is 48.0 Å². The SMILES string of the molecule is CC1CCN(CC(N)c2cccc3ccccc23)C(C)C1. The zero-order valence-corrected chi connectivity index (χ0v) is 13.1. The van der Waals surface area contributed by atoms with Crippen LogP contribution in [-0.4, -0.2) is 24.0 Å². The number of fused-ring (bicyclic) bond motifs is 1. The molecule has 0 bridgehead atoms. The third kappa shape index (κ3) is 3.12. The second-order valence-electron chi connectivity index (χ2n) is 6.65. The fourth-order valence-corrected chi connectivity index (χ4v) is 3.65. The number of likely N-dealkylation sites (tertiary alicyclic amines) is 1. The molecule has 2 aromatic rings. The monoisotopic (exact) mass is 282 g/mol. The van der Waals surface area contributed by atoms with E-state index in [4.69, 9.17) is 5.73 Å². The van der Waals surface area contributed by atoms with Gasteiger partial charge in [0.25, 0.3) is 0 Å². The molecule has 0 saturated carbocycles. The maximum Gasteiger partial charge on any atom is 0.0430 e. The average Bonchev–Trinajstić information content (AvgIpc) is 2.49. The minimum Gasteiger partial charge on any atom is -0.323 e. The molecule has 0 aliphatic carbocycles. The second-order valence-corrected chi connectivity index (χ2v) is 6.65. The summed E-state index contributed by atoms with van der Waals surface area (Å²) < 4.78 is 0. The van der Waals surface area contributed by atoms with Crippen LogP contribution >= 0.6 is 0 Å². The molecule has 2 aromatic carbocycles. The average molecular weight is 282 g/mol. The van der Waals surface area contributed by atoms with Crippen LogP contribution in [-0.2, 0) is 0 Å². The Morgan fingerprint density at radius 3 is 2.71 bits per heavy atom. The first-order valence-electron chi connectivity index (χ1n) is 8.12. The standard InChI is InChI=1S/C19H26N2/c1-14-10-11-21(15(2)12-14)13-19(20)18-9-5-7-16-6-3-4-8-17(16)18/h3-9,14-15,19H,10-13,20H2,1-2H3. The summed E-state index contributed by atoms with van der Waals surface area (Å²) in [6.07, 6.45) is 2.59. The van der Waals surface area contributed by atoms with Crippen LogP contribution in [0.3, 0.4) is 0 Å². The van der Waals surface area contributed by atoms with Crippen molar-refractivity contribution >= 4 is 10.8 Å². The van der Waals surface area contributed by atoms with Gasteiger partial charge in [-0.1, -0.05) is 49.4 Å². The van der Waals surface area contributed by atoms with Crippen LogP contribution in [0.2, 0.25) is 0 Å². The van der Waals surface area contributed by atoms with Gasteiger partial charge in [-0.3, -0.25) is 4.90 Å². The van der Waals surface area contributed by atoms with E-state index in [1.807, 2.05) is 0 Å². The maximum absolute atomic E-state index is 6.55. The van der Waals surface area contributed by atoms with Gasteiger partial charge in [0, 0.05) is 18.6 Å². The normalized spacial score (nSPS) is 25.1. The van der Waals surface area contributed by atoms with Crippen LogP contribution < -0.4 is 5.73 Å². The van der Waals surface area contributed by atoms with Gasteiger partial charge in [0.15, 0.2) is 0 Å². The highest BCUT2D eigenvalue weighted by Crippen LogP contribution is 2.27. The minimum absolute atomic E-state index is 0.0898. The smallest absolute Gasteiger partial charge is 0.0430 e. The number of piperidine rings is 1. The van der Waals surface area contributed by atoms with Crippen LogP contribution in [0.25, 0.3) is 10.8 Å². The van der Waals surface area contributed by atoms with E-state index in [0.717, 1.165) is 12.5 Å². The summed E-state index contributed by atoms with van der Waals surface area (Å²) in [5, 5.41) is 2.58. The van der Waals surface area contributed by atoms with Crippen molar-refractivity contribution in [1.29, 1.82) is 0 Å². The number of nitrogens with two attached hydrogens (primary N) is 1. The Hall–Kier alpha value is -1.38. The van der Waals surface area contributed by atoms with Crippen molar-refractivity contribution in [1.82, 2.24) is 4.90 Å². The van der Waals surface area contributed by atoms with Gasteiger partial charge in [0.05, 0.1) is 0 Å². The highest BCUT2D eigenvalue weighted by atomic mass is 15.2. The van der Waals surface area contributed by atoms with E-state index in [9.17, 15) is 0 Å². The summed E-state index contributed by atoms with van der Waals surface area (Å²) in [6.45, 7) is 6.84. The lowest BCUT2D eigenvalue weighted by Crippen LogP contribution is -2.43. The van der Waals surface area contributed by atoms with E-state index in [-0.39, 0.29) is 6.04 Å². The largest absolute Gasteiger partial charge is 0.323 e. The zero-order chi connectivity index (χ0) is 14.8. The Kier molecular flexibility index (Phi) is 4.27. The van der Waals surface area contributed by atoms with E-state index in [1.54, 1.807) is 0 Å². The molecule has 1 saturated heterocycles. The number of nitrogens with zero attached hydrogens (tertiary/aromatic N) is 1. The van der Waals surface area contributed by atoms with Crippen molar-refractivity contribution in [2.45, 2.75) is 38.8 Å². The van der Waals surface area contributed by atoms with Gasteiger partial charge in [-0.25, -0.2) is 0 Å². The molecule has 21 heavy (non-hydrogen) atoms. The summed E-state index contributed by atoms with van der Waals surface area (Å²) in [6, 6.07) is 15.8. The minimum atomic E-state index is 0.0898. The second kappa shape index (κ2) is 6.17. The Morgan fingerprint density at radius 2 is 1.90 bits per heavy atom. The summed E-state index contributed by atoms with van der Waals surface area (Å²) in [5.41, 5.74) is 7.82. The molecule has 112 valence electrons. The van der Waals surface area contributed by atoms with E-state index in [2.05, 4.69) is 61.2 Å². The van der Waals surface area contributed by atoms with E-state index in [0.29, 0.717) is 6.04 Å². The topological polar surface area (TPSA) is 29.3 Å². The highest BCUT2D eigenvalue weighted by molar-refractivity contribution is 5.86. The zero-order valence-electron chi connectivity index (χ0n) is 13.1. The molecule has 2 nitrogen and oxygen atoms in total. The molecule has 3 rings (SSSR count). The first-order chi connectivity index (χ1) is 10.1. The lowest BCUT2D eigenvalue weighted by Gasteiger charge is -2.38. The predicted molar refractivity (Wildman–Crippen MR) is 90.3 cm³/mol. The van der Waals surface area contributed by atoms with Crippen LogP contribution in [0.4, 0.5) is 0 Å². The molecule has 0 amide bonds. The van der Waals surface area contributed by atoms with Crippen LogP contribution in [0.15, 0.2) is 42.5 Å². The summed E-state index contributed by atoms with van der Waals surface area (Å²) in [7, 11) is 0. The molecule has 0 radical (unpaired) electrons. The molecule has 3 unspecified atom stereocenters. The van der Waals surface area contributed by atoms with Crippen LogP contribution in [0.5, 0.6) is 0 Å². The number of hydrogen-bond donors (Lipinski definition) is 1. The summed E-state index contributed by atoms with van der Waals surface area (Å²) in [5.74, 6) is 0.852. The van der Waals surface area contributed by atoms with Crippen molar-refractivity contribution < 1.29 is 0 Å². The fraction of sp³-hybridized carbons (Fsp3) is 0.474. The van der Waals surface area contributed by atoms with E-state index < -0.39 is 0 Å². The number of rotatable bonds is 3. The lowest BCUT2D eigenvalue weighted by molar-refractivity contribution is 0.122.